The molecule has 2 nitrogen and oxygen atoms in total. The van der Waals surface area contributed by atoms with Crippen molar-refractivity contribution in [1.29, 1.82) is 0 Å². The highest BCUT2D eigenvalue weighted by atomic mass is 16.3. The maximum atomic E-state index is 10.5. The lowest BCUT2D eigenvalue weighted by molar-refractivity contribution is -0.116. The molecule has 1 aromatic heterocycles. The second-order valence-electron chi connectivity index (χ2n) is 2.13. The van der Waals surface area contributed by atoms with E-state index >= 15 is 0 Å². The molecule has 0 bridgehead atoms. The molecule has 1 heterocycles. The van der Waals surface area contributed by atoms with E-state index in [1.54, 1.807) is 25.7 Å². The van der Waals surface area contributed by atoms with Crippen molar-refractivity contribution in [3.8, 4) is 0 Å². The summed E-state index contributed by atoms with van der Waals surface area (Å²) in [6.07, 6.45) is 3.81. The Morgan fingerprint density at radius 3 is 3.10 bits per heavy atom. The Bertz CT molecular complexity index is 199. The fourth-order valence-corrected chi connectivity index (χ4v) is 0.652. The second kappa shape index (κ2) is 3.20. The van der Waals surface area contributed by atoms with Crippen molar-refractivity contribution in [1.82, 2.24) is 0 Å². The largest absolute Gasteiger partial charge is 0.469 e. The van der Waals surface area contributed by atoms with Crippen LogP contribution in [0.3, 0.4) is 0 Å². The van der Waals surface area contributed by atoms with E-state index < -0.39 is 0 Å². The van der Waals surface area contributed by atoms with Gasteiger partial charge in [0.1, 0.15) is 11.5 Å². The van der Waals surface area contributed by atoms with Gasteiger partial charge in [-0.05, 0) is 19.1 Å². The summed E-state index contributed by atoms with van der Waals surface area (Å²) in [7, 11) is 0. The van der Waals surface area contributed by atoms with Crippen molar-refractivity contribution in [2.75, 3.05) is 0 Å². The van der Waals surface area contributed by atoms with E-state index in [9.17, 15) is 4.79 Å². The average molecular weight is 137 g/mol. The molecular weight excluding hydrogens is 128 g/mol. The molecule has 0 aliphatic heterocycles. The Hall–Kier alpha value is -1.05. The molecule has 0 N–H and O–H groups in total. The second-order valence-corrected chi connectivity index (χ2v) is 2.13. The number of rotatable bonds is 3. The number of furan rings is 1. The van der Waals surface area contributed by atoms with Crippen molar-refractivity contribution in [3.05, 3.63) is 30.6 Å². The van der Waals surface area contributed by atoms with Crippen LogP contribution in [0.4, 0.5) is 0 Å². The highest BCUT2D eigenvalue weighted by molar-refractivity contribution is 5.77. The minimum absolute atomic E-state index is 0.149. The summed E-state index contributed by atoms with van der Waals surface area (Å²) in [6.45, 7) is 1.56. The molecule has 0 aromatic carbocycles. The van der Waals surface area contributed by atoms with Crippen LogP contribution in [0.5, 0.6) is 0 Å². The quantitative estimate of drug-likeness (QED) is 0.636. The van der Waals surface area contributed by atoms with Crippen LogP contribution in [0.25, 0.3) is 0 Å². The van der Waals surface area contributed by atoms with Crippen LogP contribution in [-0.2, 0) is 4.79 Å². The molecular formula is C8H9O2. The Labute approximate surface area is 59.8 Å². The first kappa shape index (κ1) is 7.06. The molecule has 0 aliphatic rings. The first-order valence-electron chi connectivity index (χ1n) is 3.15. The Morgan fingerprint density at radius 1 is 1.80 bits per heavy atom. The van der Waals surface area contributed by atoms with Gasteiger partial charge < -0.3 is 9.21 Å². The minimum atomic E-state index is 0.149. The molecule has 1 radical (unpaired) electrons. The number of hydrogen-bond acceptors (Lipinski definition) is 2. The summed E-state index contributed by atoms with van der Waals surface area (Å²) in [5.74, 6) is 0.909. The zero-order valence-corrected chi connectivity index (χ0v) is 5.83. The molecule has 0 unspecified atom stereocenters. The van der Waals surface area contributed by atoms with Crippen LogP contribution < -0.4 is 0 Å². The first-order chi connectivity index (χ1) is 4.79. The predicted molar refractivity (Wildman–Crippen MR) is 37.4 cm³/mol. The summed E-state index contributed by atoms with van der Waals surface area (Å²) in [4.78, 5) is 10.5. The zero-order valence-electron chi connectivity index (χ0n) is 5.83. The summed E-state index contributed by atoms with van der Waals surface area (Å²) >= 11 is 0. The summed E-state index contributed by atoms with van der Waals surface area (Å²) < 4.78 is 4.98. The first-order valence-corrected chi connectivity index (χ1v) is 3.15. The fourth-order valence-electron chi connectivity index (χ4n) is 0.652. The molecule has 0 atom stereocenters. The zero-order chi connectivity index (χ0) is 7.40. The van der Waals surface area contributed by atoms with Gasteiger partial charge in [0, 0.05) is 12.8 Å². The topological polar surface area (TPSA) is 30.2 Å². The van der Waals surface area contributed by atoms with Gasteiger partial charge >= 0.3 is 0 Å². The highest BCUT2D eigenvalue weighted by Crippen LogP contribution is 2.05. The molecule has 0 amide bonds. The van der Waals surface area contributed by atoms with E-state index in [0.717, 1.165) is 5.76 Å². The molecule has 0 fully saturated rings. The molecule has 0 saturated heterocycles. The van der Waals surface area contributed by atoms with Gasteiger partial charge in [0.25, 0.3) is 0 Å². The van der Waals surface area contributed by atoms with Gasteiger partial charge in [0.2, 0.25) is 0 Å². The van der Waals surface area contributed by atoms with E-state index in [4.69, 9.17) is 4.42 Å². The van der Waals surface area contributed by atoms with Gasteiger partial charge in [-0.15, -0.1) is 0 Å². The molecule has 1 rings (SSSR count). The number of hydrogen-bond donors (Lipinski definition) is 0. The Morgan fingerprint density at radius 2 is 2.60 bits per heavy atom. The highest BCUT2D eigenvalue weighted by Gasteiger charge is 1.97. The van der Waals surface area contributed by atoms with E-state index in [-0.39, 0.29) is 5.78 Å². The molecule has 0 spiro atoms. The Balaban J connectivity index is 2.35. The molecule has 0 aliphatic carbocycles. The monoisotopic (exact) mass is 137 g/mol. The van der Waals surface area contributed by atoms with Crippen molar-refractivity contribution in [2.45, 2.75) is 13.3 Å². The number of Topliss-reactive ketones (excluding diaryl/α,β-unsaturated/α-hetero) is 1. The lowest BCUT2D eigenvalue weighted by Crippen LogP contribution is -1.89. The van der Waals surface area contributed by atoms with Crippen LogP contribution in [0.1, 0.15) is 19.1 Å². The number of carbonyl (C=O) groups excluding carboxylic acids is 1. The van der Waals surface area contributed by atoms with Gasteiger partial charge in [-0.3, -0.25) is 0 Å². The lowest BCUT2D eigenvalue weighted by atomic mass is 10.2. The third-order valence-corrected chi connectivity index (χ3v) is 1.13. The molecule has 1 aromatic rings. The van der Waals surface area contributed by atoms with Crippen LogP contribution >= 0.6 is 0 Å². The number of carbonyl (C=O) groups is 1. The van der Waals surface area contributed by atoms with E-state index in [1.807, 2.05) is 6.07 Å². The van der Waals surface area contributed by atoms with Gasteiger partial charge in [-0.2, -0.15) is 0 Å². The third kappa shape index (κ3) is 2.05. The summed E-state index contributed by atoms with van der Waals surface area (Å²) in [5.41, 5.74) is 0. The smallest absolute Gasteiger partial charge is 0.130 e. The van der Waals surface area contributed by atoms with E-state index in [2.05, 4.69) is 0 Å². The van der Waals surface area contributed by atoms with Crippen molar-refractivity contribution in [3.63, 3.8) is 0 Å². The summed E-state index contributed by atoms with van der Waals surface area (Å²) in [6, 6.07) is 3.62. The standard InChI is InChI=1S/C8H9O2/c1-7(9)4-5-8-3-2-6-10-8/h2-3,5-6H,4H2,1H3. The Kier molecular flexibility index (Phi) is 2.26. The fraction of sp³-hybridized carbons (Fsp3) is 0.250. The van der Waals surface area contributed by atoms with Crippen molar-refractivity contribution < 1.29 is 9.21 Å². The maximum Gasteiger partial charge on any atom is 0.130 e. The predicted octanol–water partition coefficient (Wildman–Crippen LogP) is 1.81. The van der Waals surface area contributed by atoms with Gasteiger partial charge in [0.15, 0.2) is 0 Å². The molecule has 53 valence electrons. The maximum absolute atomic E-state index is 10.5. The van der Waals surface area contributed by atoms with E-state index in [0.29, 0.717) is 6.42 Å². The minimum Gasteiger partial charge on any atom is -0.469 e. The summed E-state index contributed by atoms with van der Waals surface area (Å²) in [5, 5.41) is 0. The van der Waals surface area contributed by atoms with E-state index in [1.165, 1.54) is 0 Å². The molecule has 0 saturated carbocycles. The average Bonchev–Trinajstić information content (AvgIpc) is 2.34. The van der Waals surface area contributed by atoms with Crippen LogP contribution in [0, 0.1) is 6.42 Å². The van der Waals surface area contributed by atoms with Gasteiger partial charge in [-0.1, -0.05) is 0 Å². The number of ketones is 1. The molecule has 10 heavy (non-hydrogen) atoms. The normalized spacial score (nSPS) is 9.70. The lowest BCUT2D eigenvalue weighted by Gasteiger charge is -1.89. The van der Waals surface area contributed by atoms with Gasteiger partial charge in [-0.25, -0.2) is 0 Å². The third-order valence-electron chi connectivity index (χ3n) is 1.13. The van der Waals surface area contributed by atoms with Crippen molar-refractivity contribution in [2.24, 2.45) is 0 Å². The van der Waals surface area contributed by atoms with Crippen LogP contribution in [0.2, 0.25) is 0 Å². The van der Waals surface area contributed by atoms with Crippen molar-refractivity contribution >= 4 is 5.78 Å². The van der Waals surface area contributed by atoms with Gasteiger partial charge in [0.05, 0.1) is 6.26 Å². The SMILES string of the molecule is CC(=O)C[CH]c1ccco1. The molecule has 2 heteroatoms. The van der Waals surface area contributed by atoms with Crippen LogP contribution in [0.15, 0.2) is 22.8 Å². The van der Waals surface area contributed by atoms with Crippen LogP contribution in [-0.4, -0.2) is 5.78 Å².